The van der Waals surface area contributed by atoms with Gasteiger partial charge in [0.15, 0.2) is 0 Å². The minimum atomic E-state index is -0.599. The van der Waals surface area contributed by atoms with Gasteiger partial charge >= 0.3 is 0 Å². The molecule has 0 bridgehead atoms. The molecular formula is C48H40N2O2. The maximum atomic E-state index is 6.92. The predicted octanol–water partition coefficient (Wildman–Crippen LogP) is 11.9. The highest BCUT2D eigenvalue weighted by molar-refractivity contribution is 5.78. The van der Waals surface area contributed by atoms with Gasteiger partial charge in [-0.05, 0) is 99.0 Å². The van der Waals surface area contributed by atoms with Crippen LogP contribution in [0.2, 0.25) is 0 Å². The summed E-state index contributed by atoms with van der Waals surface area (Å²) in [6, 6.07) is 31.2. The summed E-state index contributed by atoms with van der Waals surface area (Å²) in [5.74, 6) is 3.83. The summed E-state index contributed by atoms with van der Waals surface area (Å²) in [6.45, 7) is 0. The van der Waals surface area contributed by atoms with Gasteiger partial charge in [-0.1, -0.05) is 97.1 Å². The number of aliphatic imine (C=N–C) groups is 1. The highest BCUT2D eigenvalue weighted by Gasteiger charge is 2.50. The van der Waals surface area contributed by atoms with Gasteiger partial charge in [-0.15, -0.1) is 0 Å². The van der Waals surface area contributed by atoms with Crippen molar-refractivity contribution in [3.63, 3.8) is 0 Å². The fourth-order valence-electron chi connectivity index (χ4n) is 9.87. The van der Waals surface area contributed by atoms with E-state index < -0.39 is 5.41 Å². The average molecular weight is 677 g/mol. The van der Waals surface area contributed by atoms with E-state index in [4.69, 9.17) is 14.5 Å². The molecule has 254 valence electrons. The van der Waals surface area contributed by atoms with E-state index in [2.05, 4.69) is 138 Å². The molecule has 1 spiro atoms. The molecule has 0 radical (unpaired) electrons. The SMILES string of the molecule is C1=CCCC(n2c3c(c4c2CC(c2ccc5c(c2)Oc2ccccc2C52c5ccccc5Oc5cc(C6CCCC=N6)ccc52)C=C4)C=CCC3)=C1. The Morgan fingerprint density at radius 2 is 1.35 bits per heavy atom. The van der Waals surface area contributed by atoms with Crippen LogP contribution in [-0.2, 0) is 18.3 Å². The maximum Gasteiger partial charge on any atom is 0.132 e. The Morgan fingerprint density at radius 3 is 2.08 bits per heavy atom. The van der Waals surface area contributed by atoms with Crippen LogP contribution in [0.1, 0.15) is 106 Å². The van der Waals surface area contributed by atoms with E-state index in [1.165, 1.54) is 39.3 Å². The van der Waals surface area contributed by atoms with E-state index in [-0.39, 0.29) is 12.0 Å². The number of rotatable bonds is 3. The van der Waals surface area contributed by atoms with Crippen LogP contribution in [0, 0.1) is 0 Å². The molecule has 52 heavy (non-hydrogen) atoms. The summed E-state index contributed by atoms with van der Waals surface area (Å²) >= 11 is 0. The number of para-hydroxylation sites is 2. The van der Waals surface area contributed by atoms with Gasteiger partial charge < -0.3 is 14.0 Å². The molecule has 1 aromatic heterocycles. The molecule has 5 aromatic rings. The molecule has 3 atom stereocenters. The van der Waals surface area contributed by atoms with Crippen LogP contribution in [0.15, 0.2) is 120 Å². The third-order valence-electron chi connectivity index (χ3n) is 12.2. The van der Waals surface area contributed by atoms with Gasteiger partial charge in [-0.25, -0.2) is 0 Å². The standard InChI is InChI=1S/C48H40N2O2/c1-2-12-34(13-3-1)50-42-18-7-4-14-35(42)36-24-21-31(28-43(36)50)32-22-25-39-46(29-32)51-44-19-8-5-15-37(44)48(39)38-16-6-9-20-45(38)52-47-30-33(23-26-40(47)48)41-17-10-11-27-49-41/h1-2,4-6,8-9,12,14-16,19-27,29-31,41H,3,7,10-11,13,17-18,28H2. The third-order valence-corrected chi connectivity index (χ3v) is 12.2. The second-order valence-corrected chi connectivity index (χ2v) is 15.0. The molecule has 3 unspecified atom stereocenters. The van der Waals surface area contributed by atoms with Crippen LogP contribution in [0.4, 0.5) is 0 Å². The number of hydrogen-bond donors (Lipinski definition) is 0. The Labute approximate surface area is 305 Å². The van der Waals surface area contributed by atoms with Crippen molar-refractivity contribution in [3.05, 3.63) is 171 Å². The lowest BCUT2D eigenvalue weighted by atomic mass is 9.62. The minimum absolute atomic E-state index is 0.171. The fraction of sp³-hybridized carbons (Fsp3) is 0.229. The second-order valence-electron chi connectivity index (χ2n) is 15.0. The maximum absolute atomic E-state index is 6.92. The molecule has 3 aliphatic heterocycles. The van der Waals surface area contributed by atoms with Crippen molar-refractivity contribution in [1.29, 1.82) is 0 Å². The Balaban J connectivity index is 1.06. The lowest BCUT2D eigenvalue weighted by molar-refractivity contribution is 0.398. The largest absolute Gasteiger partial charge is 0.457 e. The van der Waals surface area contributed by atoms with Crippen molar-refractivity contribution in [2.24, 2.45) is 4.99 Å². The summed E-state index contributed by atoms with van der Waals surface area (Å²) in [4.78, 5) is 4.87. The van der Waals surface area contributed by atoms with Gasteiger partial charge in [0.2, 0.25) is 0 Å². The molecule has 0 fully saturated rings. The molecule has 3 aliphatic carbocycles. The molecule has 0 N–H and O–H groups in total. The predicted molar refractivity (Wildman–Crippen MR) is 210 cm³/mol. The summed E-state index contributed by atoms with van der Waals surface area (Å²) in [5, 5.41) is 0. The van der Waals surface area contributed by atoms with Crippen LogP contribution in [0.3, 0.4) is 0 Å². The van der Waals surface area contributed by atoms with Crippen molar-refractivity contribution in [2.45, 2.75) is 68.7 Å². The summed E-state index contributed by atoms with van der Waals surface area (Å²) in [6.07, 6.45) is 27.1. The third kappa shape index (κ3) is 4.36. The van der Waals surface area contributed by atoms with Gasteiger partial charge in [-0.2, -0.15) is 0 Å². The minimum Gasteiger partial charge on any atom is -0.457 e. The van der Waals surface area contributed by atoms with Crippen molar-refractivity contribution in [2.75, 3.05) is 0 Å². The molecule has 6 aliphatic rings. The zero-order valence-electron chi connectivity index (χ0n) is 29.2. The van der Waals surface area contributed by atoms with Gasteiger partial charge in [-0.3, -0.25) is 4.99 Å². The van der Waals surface area contributed by atoms with Crippen LogP contribution >= 0.6 is 0 Å². The normalized spacial score (nSPS) is 23.0. The quantitative estimate of drug-likeness (QED) is 0.187. The van der Waals surface area contributed by atoms with E-state index >= 15 is 0 Å². The molecule has 4 heterocycles. The van der Waals surface area contributed by atoms with E-state index in [0.717, 1.165) is 96.6 Å². The van der Waals surface area contributed by atoms with Gasteiger partial charge in [0, 0.05) is 56.4 Å². The lowest BCUT2D eigenvalue weighted by Crippen LogP contribution is -2.37. The number of allylic oxidation sites excluding steroid dienone is 6. The van der Waals surface area contributed by atoms with Crippen molar-refractivity contribution < 1.29 is 9.47 Å². The number of aromatic nitrogens is 1. The topological polar surface area (TPSA) is 35.8 Å². The first-order chi connectivity index (χ1) is 25.8. The van der Waals surface area contributed by atoms with E-state index in [9.17, 15) is 0 Å². The smallest absolute Gasteiger partial charge is 0.132 e. The Morgan fingerprint density at radius 1 is 0.654 bits per heavy atom. The first-order valence-corrected chi connectivity index (χ1v) is 19.1. The Kier molecular flexibility index (Phi) is 6.77. The number of ether oxygens (including phenoxy) is 2. The molecule has 0 amide bonds. The van der Waals surface area contributed by atoms with Crippen LogP contribution < -0.4 is 9.47 Å². The highest BCUT2D eigenvalue weighted by Crippen LogP contribution is 2.62. The molecule has 11 rings (SSSR count). The number of benzene rings is 4. The molecule has 4 heteroatoms. The monoisotopic (exact) mass is 676 g/mol. The van der Waals surface area contributed by atoms with Crippen LogP contribution in [0.5, 0.6) is 23.0 Å². The lowest BCUT2D eigenvalue weighted by Gasteiger charge is -2.45. The van der Waals surface area contributed by atoms with Crippen LogP contribution in [-0.4, -0.2) is 10.8 Å². The zero-order valence-corrected chi connectivity index (χ0v) is 29.2. The molecule has 4 aromatic carbocycles. The van der Waals surface area contributed by atoms with Crippen molar-refractivity contribution in [3.8, 4) is 23.0 Å². The first-order valence-electron chi connectivity index (χ1n) is 19.1. The molecule has 4 nitrogen and oxygen atoms in total. The van der Waals surface area contributed by atoms with E-state index in [0.29, 0.717) is 0 Å². The average Bonchev–Trinajstić information content (AvgIpc) is 3.54. The van der Waals surface area contributed by atoms with E-state index in [1.54, 1.807) is 0 Å². The molecule has 0 saturated heterocycles. The second kappa shape index (κ2) is 11.7. The number of hydrogen-bond acceptors (Lipinski definition) is 3. The molecule has 0 saturated carbocycles. The summed E-state index contributed by atoms with van der Waals surface area (Å²) in [5.41, 5.74) is 13.6. The van der Waals surface area contributed by atoms with Crippen molar-refractivity contribution >= 4 is 24.1 Å². The number of fused-ring (bicyclic) bond motifs is 11. The summed E-state index contributed by atoms with van der Waals surface area (Å²) < 4.78 is 16.3. The first kappa shape index (κ1) is 30.1. The number of nitrogens with zero attached hydrogens (tertiary/aromatic N) is 2. The van der Waals surface area contributed by atoms with Crippen molar-refractivity contribution in [1.82, 2.24) is 4.57 Å². The fourth-order valence-corrected chi connectivity index (χ4v) is 9.87. The highest BCUT2D eigenvalue weighted by atomic mass is 16.5. The van der Waals surface area contributed by atoms with Gasteiger partial charge in [0.25, 0.3) is 0 Å². The van der Waals surface area contributed by atoms with Crippen LogP contribution in [0.25, 0.3) is 17.8 Å². The zero-order chi connectivity index (χ0) is 34.2. The van der Waals surface area contributed by atoms with Gasteiger partial charge in [0.05, 0.1) is 11.5 Å². The van der Waals surface area contributed by atoms with Gasteiger partial charge in [0.1, 0.15) is 23.0 Å². The Bertz CT molecular complexity index is 2440. The Hall–Kier alpha value is -5.61. The summed E-state index contributed by atoms with van der Waals surface area (Å²) in [7, 11) is 0. The van der Waals surface area contributed by atoms with E-state index in [1.807, 2.05) is 0 Å². The molecular weight excluding hydrogens is 637 g/mol.